The average molecular weight is 509 g/mol. The third kappa shape index (κ3) is 5.16. The zero-order valence-electron chi connectivity index (χ0n) is 20.3. The van der Waals surface area contributed by atoms with Crippen LogP contribution in [0.2, 0.25) is 5.02 Å². The van der Waals surface area contributed by atoms with Gasteiger partial charge in [-0.1, -0.05) is 35.9 Å². The first kappa shape index (κ1) is 24.5. The number of ether oxygens (including phenoxy) is 2. The van der Waals surface area contributed by atoms with Gasteiger partial charge in [0.25, 0.3) is 11.8 Å². The second-order valence-electron chi connectivity index (χ2n) is 9.56. The van der Waals surface area contributed by atoms with Gasteiger partial charge in [0.2, 0.25) is 0 Å². The molecule has 0 radical (unpaired) electrons. The molecule has 1 aromatic heterocycles. The standard InChI is InChI=1S/C27H29ClN4O4/c1-27(2)35-23(25(33)29-17-18-9-11-21(12-10-18)32-15-5-13-30-32)24(36-27)26(34)31-14-4-8-22(31)19-6-3-7-20(28)16-19/h3,5-7,9-13,15-16,22-24H,4,8,14,17H2,1-2H3,(H,29,33)/t22?,23-,24-/m1/s1. The van der Waals surface area contributed by atoms with Crippen molar-refractivity contribution in [1.29, 1.82) is 0 Å². The zero-order valence-corrected chi connectivity index (χ0v) is 21.0. The lowest BCUT2D eigenvalue weighted by atomic mass is 10.0. The Hall–Kier alpha value is -3.20. The van der Waals surface area contributed by atoms with Crippen LogP contribution >= 0.6 is 11.6 Å². The first-order chi connectivity index (χ1) is 17.3. The van der Waals surface area contributed by atoms with E-state index in [1.54, 1.807) is 29.6 Å². The van der Waals surface area contributed by atoms with Gasteiger partial charge in [0.1, 0.15) is 0 Å². The van der Waals surface area contributed by atoms with Crippen LogP contribution in [0.15, 0.2) is 67.0 Å². The lowest BCUT2D eigenvalue weighted by Gasteiger charge is -2.28. The summed E-state index contributed by atoms with van der Waals surface area (Å²) in [4.78, 5) is 28.6. The maximum absolute atomic E-state index is 13.6. The second kappa shape index (κ2) is 10.0. The molecule has 5 rings (SSSR count). The molecule has 2 amide bonds. The minimum absolute atomic E-state index is 0.111. The molecule has 8 nitrogen and oxygen atoms in total. The van der Waals surface area contributed by atoms with Crippen LogP contribution in [0.3, 0.4) is 0 Å². The number of carbonyl (C=O) groups is 2. The summed E-state index contributed by atoms with van der Waals surface area (Å²) >= 11 is 6.19. The van der Waals surface area contributed by atoms with Gasteiger partial charge in [0.15, 0.2) is 18.0 Å². The van der Waals surface area contributed by atoms with Crippen LogP contribution in [-0.4, -0.2) is 51.0 Å². The first-order valence-corrected chi connectivity index (χ1v) is 12.5. The number of likely N-dealkylation sites (tertiary alicyclic amines) is 1. The molecule has 3 heterocycles. The average Bonchev–Trinajstić information content (AvgIpc) is 3.62. The molecule has 3 aromatic rings. The Bertz CT molecular complexity index is 1230. The Kier molecular flexibility index (Phi) is 6.83. The van der Waals surface area contributed by atoms with E-state index in [0.29, 0.717) is 18.1 Å². The van der Waals surface area contributed by atoms with Crippen molar-refractivity contribution in [3.05, 3.63) is 83.1 Å². The molecule has 2 aliphatic heterocycles. The summed E-state index contributed by atoms with van der Waals surface area (Å²) < 4.78 is 13.6. The van der Waals surface area contributed by atoms with Crippen molar-refractivity contribution in [2.24, 2.45) is 0 Å². The van der Waals surface area contributed by atoms with E-state index in [2.05, 4.69) is 10.4 Å². The molecular weight excluding hydrogens is 480 g/mol. The fourth-order valence-electron chi connectivity index (χ4n) is 4.87. The van der Waals surface area contributed by atoms with E-state index < -0.39 is 18.0 Å². The van der Waals surface area contributed by atoms with Crippen LogP contribution in [0.4, 0.5) is 0 Å². The van der Waals surface area contributed by atoms with E-state index in [0.717, 1.165) is 29.7 Å². The van der Waals surface area contributed by atoms with Crippen molar-refractivity contribution in [3.8, 4) is 5.69 Å². The minimum atomic E-state index is -1.06. The summed E-state index contributed by atoms with van der Waals surface area (Å²) in [6.07, 6.45) is 3.21. The maximum Gasteiger partial charge on any atom is 0.255 e. The molecule has 3 atom stereocenters. The summed E-state index contributed by atoms with van der Waals surface area (Å²) in [5.74, 6) is -1.68. The molecule has 188 valence electrons. The van der Waals surface area contributed by atoms with Gasteiger partial charge < -0.3 is 19.7 Å². The Labute approximate surface area is 215 Å². The van der Waals surface area contributed by atoms with Crippen molar-refractivity contribution in [2.45, 2.75) is 57.3 Å². The van der Waals surface area contributed by atoms with Crippen molar-refractivity contribution < 1.29 is 19.1 Å². The number of rotatable bonds is 6. The lowest BCUT2D eigenvalue weighted by Crippen LogP contribution is -2.49. The summed E-state index contributed by atoms with van der Waals surface area (Å²) in [6, 6.07) is 17.0. The van der Waals surface area contributed by atoms with Crippen LogP contribution in [0.25, 0.3) is 5.69 Å². The van der Waals surface area contributed by atoms with Gasteiger partial charge in [-0.15, -0.1) is 0 Å². The third-order valence-electron chi connectivity index (χ3n) is 6.54. The highest BCUT2D eigenvalue weighted by molar-refractivity contribution is 6.30. The summed E-state index contributed by atoms with van der Waals surface area (Å²) in [7, 11) is 0. The van der Waals surface area contributed by atoms with Crippen molar-refractivity contribution >= 4 is 23.4 Å². The van der Waals surface area contributed by atoms with Crippen molar-refractivity contribution in [2.75, 3.05) is 6.54 Å². The number of nitrogens with zero attached hydrogens (tertiary/aromatic N) is 3. The molecule has 0 spiro atoms. The Morgan fingerprint density at radius 1 is 1.11 bits per heavy atom. The normalized spacial score (nSPS) is 23.1. The number of hydrogen-bond donors (Lipinski definition) is 1. The van der Waals surface area contributed by atoms with Gasteiger partial charge in [0.05, 0.1) is 11.7 Å². The highest BCUT2D eigenvalue weighted by Gasteiger charge is 2.51. The maximum atomic E-state index is 13.6. The molecule has 0 saturated carbocycles. The fourth-order valence-corrected chi connectivity index (χ4v) is 5.06. The van der Waals surface area contributed by atoms with Gasteiger partial charge in [0, 0.05) is 30.5 Å². The number of amides is 2. The van der Waals surface area contributed by atoms with Gasteiger partial charge in [-0.3, -0.25) is 9.59 Å². The number of carbonyl (C=O) groups excluding carboxylic acids is 2. The minimum Gasteiger partial charge on any atom is -0.350 e. The van der Waals surface area contributed by atoms with Crippen LogP contribution < -0.4 is 5.32 Å². The Morgan fingerprint density at radius 3 is 2.61 bits per heavy atom. The van der Waals surface area contributed by atoms with Crippen LogP contribution in [0.5, 0.6) is 0 Å². The van der Waals surface area contributed by atoms with E-state index in [1.165, 1.54) is 0 Å². The third-order valence-corrected chi connectivity index (χ3v) is 6.77. The summed E-state index contributed by atoms with van der Waals surface area (Å²) in [6.45, 7) is 4.32. The van der Waals surface area contributed by atoms with E-state index >= 15 is 0 Å². The zero-order chi connectivity index (χ0) is 25.3. The number of halogens is 1. The second-order valence-corrected chi connectivity index (χ2v) is 9.99. The number of benzene rings is 2. The Morgan fingerprint density at radius 2 is 1.89 bits per heavy atom. The summed E-state index contributed by atoms with van der Waals surface area (Å²) in [5.41, 5.74) is 2.82. The largest absolute Gasteiger partial charge is 0.350 e. The lowest BCUT2D eigenvalue weighted by molar-refractivity contribution is -0.163. The van der Waals surface area contributed by atoms with Gasteiger partial charge >= 0.3 is 0 Å². The molecule has 2 saturated heterocycles. The number of hydrogen-bond acceptors (Lipinski definition) is 5. The summed E-state index contributed by atoms with van der Waals surface area (Å²) in [5, 5.41) is 7.75. The SMILES string of the molecule is CC1(C)O[C@@H](C(=O)NCc2ccc(-n3cccn3)cc2)[C@H](C(=O)N2CCCC2c2cccc(Cl)c2)O1. The van der Waals surface area contributed by atoms with Gasteiger partial charge in [-0.05, 0) is 68.1 Å². The topological polar surface area (TPSA) is 85.7 Å². The van der Waals surface area contributed by atoms with Crippen LogP contribution in [-0.2, 0) is 25.6 Å². The van der Waals surface area contributed by atoms with Crippen molar-refractivity contribution in [3.63, 3.8) is 0 Å². The van der Waals surface area contributed by atoms with Gasteiger partial charge in [-0.2, -0.15) is 5.10 Å². The van der Waals surface area contributed by atoms with Crippen LogP contribution in [0, 0.1) is 0 Å². The molecule has 9 heteroatoms. The fraction of sp³-hybridized carbons (Fsp3) is 0.370. The molecule has 0 aliphatic carbocycles. The first-order valence-electron chi connectivity index (χ1n) is 12.1. The van der Waals surface area contributed by atoms with E-state index in [9.17, 15) is 9.59 Å². The molecule has 2 aliphatic rings. The molecule has 0 bridgehead atoms. The quantitative estimate of drug-likeness (QED) is 0.543. The molecule has 1 N–H and O–H groups in total. The molecule has 2 fully saturated rings. The highest BCUT2D eigenvalue weighted by atomic mass is 35.5. The number of aromatic nitrogens is 2. The van der Waals surface area contributed by atoms with E-state index in [-0.39, 0.29) is 17.9 Å². The smallest absolute Gasteiger partial charge is 0.255 e. The predicted molar refractivity (Wildman–Crippen MR) is 134 cm³/mol. The van der Waals surface area contributed by atoms with Crippen LogP contribution in [0.1, 0.15) is 43.9 Å². The van der Waals surface area contributed by atoms with Gasteiger partial charge in [-0.25, -0.2) is 4.68 Å². The predicted octanol–water partition coefficient (Wildman–Crippen LogP) is 4.03. The van der Waals surface area contributed by atoms with E-state index in [1.807, 2.05) is 60.8 Å². The number of nitrogens with one attached hydrogen (secondary N) is 1. The van der Waals surface area contributed by atoms with E-state index in [4.69, 9.17) is 21.1 Å². The molecule has 2 aromatic carbocycles. The Balaban J connectivity index is 1.27. The molecule has 1 unspecified atom stereocenters. The molecular formula is C27H29ClN4O4. The monoisotopic (exact) mass is 508 g/mol. The molecule has 36 heavy (non-hydrogen) atoms. The highest BCUT2D eigenvalue weighted by Crippen LogP contribution is 2.37. The van der Waals surface area contributed by atoms with Crippen molar-refractivity contribution in [1.82, 2.24) is 20.0 Å².